The zero-order chi connectivity index (χ0) is 19.5. The second-order valence-electron chi connectivity index (χ2n) is 7.02. The molecule has 0 aliphatic carbocycles. The average molecular weight is 370 g/mol. The molecule has 0 aliphatic heterocycles. The van der Waals surface area contributed by atoms with E-state index in [2.05, 4.69) is 24.5 Å². The fourth-order valence-corrected chi connectivity index (χ4v) is 2.57. The third kappa shape index (κ3) is 7.81. The highest BCUT2D eigenvalue weighted by atomic mass is 16.5. The third-order valence-electron chi connectivity index (χ3n) is 4.12. The molecule has 5 heteroatoms. The first-order valence-corrected chi connectivity index (χ1v) is 9.49. The Morgan fingerprint density at radius 2 is 1.78 bits per heavy atom. The quantitative estimate of drug-likeness (QED) is 0.569. The maximum Gasteiger partial charge on any atom is 0.255 e. The number of benzene rings is 2. The molecule has 0 bridgehead atoms. The van der Waals surface area contributed by atoms with Crippen LogP contribution in [0.15, 0.2) is 54.6 Å². The Morgan fingerprint density at radius 3 is 2.52 bits per heavy atom. The van der Waals surface area contributed by atoms with E-state index in [-0.39, 0.29) is 12.5 Å². The SMILES string of the molecule is CC(C)CCNC(=O)c1ccccc1OCC(O)CNCc1ccccc1. The second-order valence-corrected chi connectivity index (χ2v) is 7.02. The molecule has 146 valence electrons. The number of aliphatic hydroxyl groups is 1. The first-order chi connectivity index (χ1) is 13.1. The normalized spacial score (nSPS) is 12.0. The Morgan fingerprint density at radius 1 is 1.07 bits per heavy atom. The first-order valence-electron chi connectivity index (χ1n) is 9.49. The van der Waals surface area contributed by atoms with Crippen LogP contribution in [-0.2, 0) is 6.54 Å². The number of rotatable bonds is 11. The van der Waals surface area contributed by atoms with Crippen LogP contribution in [0.2, 0.25) is 0 Å². The van der Waals surface area contributed by atoms with Gasteiger partial charge in [-0.1, -0.05) is 56.3 Å². The summed E-state index contributed by atoms with van der Waals surface area (Å²) in [6.45, 7) is 6.10. The molecule has 0 spiro atoms. The largest absolute Gasteiger partial charge is 0.490 e. The maximum atomic E-state index is 12.4. The van der Waals surface area contributed by atoms with Crippen molar-refractivity contribution in [3.05, 3.63) is 65.7 Å². The average Bonchev–Trinajstić information content (AvgIpc) is 2.67. The minimum Gasteiger partial charge on any atom is -0.490 e. The highest BCUT2D eigenvalue weighted by Gasteiger charge is 2.13. The number of hydrogen-bond acceptors (Lipinski definition) is 4. The molecule has 0 saturated heterocycles. The van der Waals surface area contributed by atoms with Crippen LogP contribution in [0.25, 0.3) is 0 Å². The molecule has 5 nitrogen and oxygen atoms in total. The van der Waals surface area contributed by atoms with E-state index in [0.29, 0.717) is 36.9 Å². The van der Waals surface area contributed by atoms with Crippen molar-refractivity contribution in [2.75, 3.05) is 19.7 Å². The molecule has 1 amide bonds. The topological polar surface area (TPSA) is 70.6 Å². The Bertz CT molecular complexity index is 689. The Hall–Kier alpha value is -2.37. The van der Waals surface area contributed by atoms with Crippen molar-refractivity contribution in [2.45, 2.75) is 32.9 Å². The molecule has 3 N–H and O–H groups in total. The predicted octanol–water partition coefficient (Wildman–Crippen LogP) is 2.99. The Kier molecular flexibility index (Phi) is 8.81. The summed E-state index contributed by atoms with van der Waals surface area (Å²) in [5.74, 6) is 0.875. The molecule has 0 radical (unpaired) electrons. The van der Waals surface area contributed by atoms with Crippen molar-refractivity contribution in [2.24, 2.45) is 5.92 Å². The summed E-state index contributed by atoms with van der Waals surface area (Å²) >= 11 is 0. The van der Waals surface area contributed by atoms with Gasteiger partial charge in [-0.2, -0.15) is 0 Å². The van der Waals surface area contributed by atoms with Gasteiger partial charge in [0.25, 0.3) is 5.91 Å². The summed E-state index contributed by atoms with van der Waals surface area (Å²) < 4.78 is 5.70. The number of amides is 1. The molecule has 2 aromatic rings. The van der Waals surface area contributed by atoms with Crippen molar-refractivity contribution in [1.82, 2.24) is 10.6 Å². The van der Waals surface area contributed by atoms with Gasteiger partial charge in [-0.25, -0.2) is 0 Å². The molecule has 1 atom stereocenters. The molecular formula is C22H30N2O3. The number of carbonyl (C=O) groups excluding carboxylic acids is 1. The zero-order valence-corrected chi connectivity index (χ0v) is 16.2. The van der Waals surface area contributed by atoms with Crippen LogP contribution in [0.4, 0.5) is 0 Å². The number of para-hydroxylation sites is 1. The van der Waals surface area contributed by atoms with E-state index in [1.165, 1.54) is 0 Å². The zero-order valence-electron chi connectivity index (χ0n) is 16.2. The first kappa shape index (κ1) is 20.9. The minimum atomic E-state index is -0.661. The van der Waals surface area contributed by atoms with Gasteiger partial charge in [-0.3, -0.25) is 4.79 Å². The van der Waals surface area contributed by atoms with E-state index in [0.717, 1.165) is 12.0 Å². The Labute approximate surface area is 161 Å². The van der Waals surface area contributed by atoms with Crippen molar-refractivity contribution in [1.29, 1.82) is 0 Å². The number of carbonyl (C=O) groups is 1. The van der Waals surface area contributed by atoms with Crippen LogP contribution in [0.3, 0.4) is 0 Å². The lowest BCUT2D eigenvalue weighted by molar-refractivity contribution is 0.0924. The van der Waals surface area contributed by atoms with Crippen LogP contribution in [0.5, 0.6) is 5.75 Å². The van der Waals surface area contributed by atoms with Gasteiger partial charge in [-0.15, -0.1) is 0 Å². The van der Waals surface area contributed by atoms with Gasteiger partial charge in [-0.05, 0) is 30.0 Å². The third-order valence-corrected chi connectivity index (χ3v) is 4.12. The van der Waals surface area contributed by atoms with Crippen molar-refractivity contribution < 1.29 is 14.6 Å². The minimum absolute atomic E-state index is 0.123. The second kappa shape index (κ2) is 11.4. The smallest absolute Gasteiger partial charge is 0.255 e. The van der Waals surface area contributed by atoms with Crippen LogP contribution in [-0.4, -0.2) is 36.8 Å². The summed E-state index contributed by atoms with van der Waals surface area (Å²) in [6.07, 6.45) is 0.270. The standard InChI is InChI=1S/C22H30N2O3/c1-17(2)12-13-24-22(26)20-10-6-7-11-21(20)27-16-19(25)15-23-14-18-8-4-3-5-9-18/h3-11,17,19,23,25H,12-16H2,1-2H3,(H,24,26). The number of aliphatic hydroxyl groups excluding tert-OH is 1. The lowest BCUT2D eigenvalue weighted by Gasteiger charge is -2.16. The monoisotopic (exact) mass is 370 g/mol. The van der Waals surface area contributed by atoms with Gasteiger partial charge in [0.05, 0.1) is 5.56 Å². The molecule has 27 heavy (non-hydrogen) atoms. The predicted molar refractivity (Wildman–Crippen MR) is 108 cm³/mol. The molecule has 0 aliphatic rings. The van der Waals surface area contributed by atoms with Crippen LogP contribution >= 0.6 is 0 Å². The molecular weight excluding hydrogens is 340 g/mol. The van der Waals surface area contributed by atoms with E-state index in [1.54, 1.807) is 12.1 Å². The number of ether oxygens (including phenoxy) is 1. The highest BCUT2D eigenvalue weighted by molar-refractivity contribution is 5.96. The summed E-state index contributed by atoms with van der Waals surface area (Å²) in [7, 11) is 0. The molecule has 0 aromatic heterocycles. The lowest BCUT2D eigenvalue weighted by atomic mass is 10.1. The fraction of sp³-hybridized carbons (Fsp3) is 0.409. The molecule has 1 unspecified atom stereocenters. The molecule has 2 aromatic carbocycles. The van der Waals surface area contributed by atoms with E-state index in [9.17, 15) is 9.90 Å². The van der Waals surface area contributed by atoms with Crippen molar-refractivity contribution in [3.63, 3.8) is 0 Å². The molecule has 0 saturated carbocycles. The summed E-state index contributed by atoms with van der Waals surface area (Å²) in [5, 5.41) is 16.3. The van der Waals surface area contributed by atoms with Gasteiger partial charge in [0.1, 0.15) is 18.5 Å². The van der Waals surface area contributed by atoms with Crippen LogP contribution in [0, 0.1) is 5.92 Å². The maximum absolute atomic E-state index is 12.4. The van der Waals surface area contributed by atoms with Crippen molar-refractivity contribution in [3.8, 4) is 5.75 Å². The van der Waals surface area contributed by atoms with Gasteiger partial charge < -0.3 is 20.5 Å². The van der Waals surface area contributed by atoms with Gasteiger partial charge in [0, 0.05) is 19.6 Å². The summed E-state index contributed by atoms with van der Waals surface area (Å²) in [4.78, 5) is 12.4. The fourth-order valence-electron chi connectivity index (χ4n) is 2.57. The summed E-state index contributed by atoms with van der Waals surface area (Å²) in [6, 6.07) is 17.1. The van der Waals surface area contributed by atoms with Gasteiger partial charge in [0.2, 0.25) is 0 Å². The van der Waals surface area contributed by atoms with Gasteiger partial charge >= 0.3 is 0 Å². The molecule has 0 fully saturated rings. The Balaban J connectivity index is 1.78. The van der Waals surface area contributed by atoms with Crippen LogP contribution in [0.1, 0.15) is 36.2 Å². The van der Waals surface area contributed by atoms with Gasteiger partial charge in [0.15, 0.2) is 0 Å². The van der Waals surface area contributed by atoms with E-state index >= 15 is 0 Å². The number of hydrogen-bond donors (Lipinski definition) is 3. The molecule has 0 heterocycles. The lowest BCUT2D eigenvalue weighted by Crippen LogP contribution is -2.31. The number of nitrogens with one attached hydrogen (secondary N) is 2. The molecule has 2 rings (SSSR count). The van der Waals surface area contributed by atoms with E-state index in [4.69, 9.17) is 4.74 Å². The van der Waals surface area contributed by atoms with Crippen LogP contribution < -0.4 is 15.4 Å². The highest BCUT2D eigenvalue weighted by Crippen LogP contribution is 2.18. The van der Waals surface area contributed by atoms with E-state index < -0.39 is 6.10 Å². The summed E-state index contributed by atoms with van der Waals surface area (Å²) in [5.41, 5.74) is 1.65. The van der Waals surface area contributed by atoms with Crippen molar-refractivity contribution >= 4 is 5.91 Å². The van der Waals surface area contributed by atoms with E-state index in [1.807, 2.05) is 42.5 Å².